The number of carbonyl (C=O) groups is 1. The molecule has 1 aliphatic rings. The van der Waals surface area contributed by atoms with Gasteiger partial charge in [-0.3, -0.25) is 9.69 Å². The van der Waals surface area contributed by atoms with Crippen LogP contribution in [0.25, 0.3) is 0 Å². The minimum Gasteiger partial charge on any atom is -0.474 e. The summed E-state index contributed by atoms with van der Waals surface area (Å²) in [5, 5.41) is 4.05. The van der Waals surface area contributed by atoms with Gasteiger partial charge in [-0.1, -0.05) is 6.07 Å². The summed E-state index contributed by atoms with van der Waals surface area (Å²) in [5.74, 6) is 0.789. The van der Waals surface area contributed by atoms with Crippen LogP contribution in [0.15, 0.2) is 18.3 Å². The molecule has 1 N–H and O–H groups in total. The first-order valence-electron chi connectivity index (χ1n) is 9.11. The van der Waals surface area contributed by atoms with E-state index in [-0.39, 0.29) is 12.0 Å². The first-order chi connectivity index (χ1) is 12.4. The fraction of sp³-hybridized carbons (Fsp3) is 0.500. The van der Waals surface area contributed by atoms with Crippen LogP contribution >= 0.6 is 11.3 Å². The van der Waals surface area contributed by atoms with E-state index >= 15 is 0 Å². The summed E-state index contributed by atoms with van der Waals surface area (Å²) < 4.78 is 6.03. The third-order valence-electron chi connectivity index (χ3n) is 5.08. The molecular formula is C20H27N3O2S. The van der Waals surface area contributed by atoms with Gasteiger partial charge in [0.25, 0.3) is 0 Å². The predicted molar refractivity (Wildman–Crippen MR) is 106 cm³/mol. The van der Waals surface area contributed by atoms with Gasteiger partial charge in [0.15, 0.2) is 0 Å². The molecule has 0 radical (unpaired) electrons. The molecule has 1 amide bonds. The Labute approximate surface area is 159 Å². The number of rotatable bonds is 5. The van der Waals surface area contributed by atoms with Crippen LogP contribution in [0.2, 0.25) is 0 Å². The fourth-order valence-corrected chi connectivity index (χ4v) is 4.25. The molecule has 0 atom stereocenters. The number of piperidine rings is 1. The Morgan fingerprint density at radius 2 is 2.00 bits per heavy atom. The van der Waals surface area contributed by atoms with E-state index in [4.69, 9.17) is 4.74 Å². The van der Waals surface area contributed by atoms with Gasteiger partial charge in [-0.25, -0.2) is 4.98 Å². The van der Waals surface area contributed by atoms with Gasteiger partial charge in [-0.2, -0.15) is 0 Å². The summed E-state index contributed by atoms with van der Waals surface area (Å²) in [6.07, 6.45) is 3.77. The topological polar surface area (TPSA) is 54.5 Å². The van der Waals surface area contributed by atoms with E-state index < -0.39 is 0 Å². The molecule has 1 fully saturated rings. The van der Waals surface area contributed by atoms with Crippen LogP contribution < -0.4 is 10.1 Å². The first kappa shape index (κ1) is 18.9. The van der Waals surface area contributed by atoms with Crippen molar-refractivity contribution in [3.8, 4) is 5.88 Å². The Morgan fingerprint density at radius 3 is 2.62 bits per heavy atom. The average molecular weight is 374 g/mol. The second-order valence-corrected chi connectivity index (χ2v) is 8.23. The highest BCUT2D eigenvalue weighted by Gasteiger charge is 2.23. The quantitative estimate of drug-likeness (QED) is 0.865. The largest absolute Gasteiger partial charge is 0.474 e. The summed E-state index contributed by atoms with van der Waals surface area (Å²) in [6, 6.07) is 3.93. The summed E-state index contributed by atoms with van der Waals surface area (Å²) in [4.78, 5) is 20.2. The molecule has 0 aliphatic carbocycles. The molecule has 3 heterocycles. The number of aryl methyl sites for hydroxylation is 2. The second kappa shape index (κ2) is 8.18. The summed E-state index contributed by atoms with van der Waals surface area (Å²) >= 11 is 1.66. The van der Waals surface area contributed by atoms with Crippen molar-refractivity contribution < 1.29 is 9.53 Å². The normalized spacial score (nSPS) is 15.8. The zero-order valence-corrected chi connectivity index (χ0v) is 16.8. The molecule has 0 aromatic carbocycles. The van der Waals surface area contributed by atoms with Crippen LogP contribution in [0.4, 0.5) is 5.00 Å². The molecule has 2 aromatic heterocycles. The highest BCUT2D eigenvalue weighted by atomic mass is 32.1. The number of aromatic nitrogens is 1. The maximum Gasteiger partial charge on any atom is 0.239 e. The minimum absolute atomic E-state index is 0.0642. The number of thiophene rings is 1. The number of ether oxygens (including phenoxy) is 1. The van der Waals surface area contributed by atoms with Crippen molar-refractivity contribution in [1.29, 1.82) is 0 Å². The highest BCUT2D eigenvalue weighted by molar-refractivity contribution is 7.16. The lowest BCUT2D eigenvalue weighted by Gasteiger charge is -2.31. The van der Waals surface area contributed by atoms with Crippen LogP contribution in [0.3, 0.4) is 0 Å². The van der Waals surface area contributed by atoms with E-state index in [0.717, 1.165) is 42.4 Å². The number of pyridine rings is 1. The third kappa shape index (κ3) is 4.43. The number of anilines is 1. The van der Waals surface area contributed by atoms with Gasteiger partial charge in [0.1, 0.15) is 6.10 Å². The number of amides is 1. The van der Waals surface area contributed by atoms with Crippen LogP contribution in [-0.2, 0) is 4.79 Å². The van der Waals surface area contributed by atoms with Crippen LogP contribution in [-0.4, -0.2) is 41.5 Å². The Balaban J connectivity index is 1.47. The summed E-state index contributed by atoms with van der Waals surface area (Å²) in [5.41, 5.74) is 3.51. The van der Waals surface area contributed by atoms with E-state index in [1.165, 1.54) is 16.0 Å². The number of carbonyl (C=O) groups excluding carboxylic acids is 1. The summed E-state index contributed by atoms with van der Waals surface area (Å²) in [7, 11) is 0. The Bertz CT molecular complexity index is 779. The van der Waals surface area contributed by atoms with Crippen molar-refractivity contribution in [3.05, 3.63) is 39.9 Å². The molecule has 0 unspecified atom stereocenters. The number of hydrogen-bond donors (Lipinski definition) is 1. The van der Waals surface area contributed by atoms with Crippen molar-refractivity contribution >= 4 is 22.2 Å². The zero-order chi connectivity index (χ0) is 18.7. The van der Waals surface area contributed by atoms with Crippen LogP contribution in [0.5, 0.6) is 5.88 Å². The number of likely N-dealkylation sites (tertiary alicyclic amines) is 1. The number of hydrogen-bond acceptors (Lipinski definition) is 5. The number of nitrogens with zero attached hydrogens (tertiary/aromatic N) is 2. The van der Waals surface area contributed by atoms with E-state index in [1.807, 2.05) is 19.1 Å². The molecule has 0 bridgehead atoms. The second-order valence-electron chi connectivity index (χ2n) is 7.00. The molecular weight excluding hydrogens is 346 g/mol. The Morgan fingerprint density at radius 1 is 1.27 bits per heavy atom. The molecule has 1 saturated heterocycles. The van der Waals surface area contributed by atoms with Crippen LogP contribution in [0, 0.1) is 27.7 Å². The monoisotopic (exact) mass is 373 g/mol. The molecule has 0 spiro atoms. The maximum absolute atomic E-state index is 12.4. The van der Waals surface area contributed by atoms with Crippen LogP contribution in [0.1, 0.15) is 34.4 Å². The Hall–Kier alpha value is -1.92. The van der Waals surface area contributed by atoms with Crippen molar-refractivity contribution in [2.24, 2.45) is 0 Å². The fourth-order valence-electron chi connectivity index (χ4n) is 3.17. The average Bonchev–Trinajstić information content (AvgIpc) is 2.85. The standard InChI is InChI=1S/C20H27N3O2S/c1-13-6-5-9-21-19(13)25-17-7-10-23(11-8-17)12-18(24)22-20-15(3)14(2)16(4)26-20/h5-6,9,17H,7-8,10-12H2,1-4H3,(H,22,24). The smallest absolute Gasteiger partial charge is 0.239 e. The van der Waals surface area contributed by atoms with Gasteiger partial charge in [0.05, 0.1) is 11.5 Å². The zero-order valence-electron chi connectivity index (χ0n) is 16.0. The molecule has 26 heavy (non-hydrogen) atoms. The van der Waals surface area contributed by atoms with E-state index in [2.05, 4.69) is 36.0 Å². The van der Waals surface area contributed by atoms with Gasteiger partial charge in [-0.15, -0.1) is 11.3 Å². The molecule has 6 heteroatoms. The lowest BCUT2D eigenvalue weighted by atomic mass is 10.1. The Kier molecular flexibility index (Phi) is 5.94. The molecule has 2 aromatic rings. The van der Waals surface area contributed by atoms with Gasteiger partial charge in [-0.05, 0) is 57.7 Å². The molecule has 3 rings (SSSR count). The predicted octanol–water partition coefficient (Wildman–Crippen LogP) is 3.86. The molecule has 0 saturated carbocycles. The molecule has 140 valence electrons. The van der Waals surface area contributed by atoms with E-state index in [1.54, 1.807) is 17.5 Å². The van der Waals surface area contributed by atoms with Crippen molar-refractivity contribution in [2.45, 2.75) is 46.6 Å². The SMILES string of the molecule is Cc1cccnc1OC1CCN(CC(=O)Nc2sc(C)c(C)c2C)CC1. The van der Waals surface area contributed by atoms with E-state index in [9.17, 15) is 4.79 Å². The minimum atomic E-state index is 0.0642. The van der Waals surface area contributed by atoms with E-state index in [0.29, 0.717) is 6.54 Å². The number of nitrogens with one attached hydrogen (secondary N) is 1. The maximum atomic E-state index is 12.4. The molecule has 5 nitrogen and oxygen atoms in total. The van der Waals surface area contributed by atoms with Crippen molar-refractivity contribution in [2.75, 3.05) is 25.0 Å². The lowest BCUT2D eigenvalue weighted by molar-refractivity contribution is -0.117. The van der Waals surface area contributed by atoms with Crippen molar-refractivity contribution in [3.63, 3.8) is 0 Å². The third-order valence-corrected chi connectivity index (χ3v) is 6.31. The summed E-state index contributed by atoms with van der Waals surface area (Å²) in [6.45, 7) is 10.4. The lowest BCUT2D eigenvalue weighted by Crippen LogP contribution is -2.42. The van der Waals surface area contributed by atoms with Gasteiger partial charge >= 0.3 is 0 Å². The first-order valence-corrected chi connectivity index (χ1v) is 9.92. The van der Waals surface area contributed by atoms with Crippen molar-refractivity contribution in [1.82, 2.24) is 9.88 Å². The molecule has 1 aliphatic heterocycles. The van der Waals surface area contributed by atoms with Gasteiger partial charge in [0, 0.05) is 29.7 Å². The van der Waals surface area contributed by atoms with Gasteiger partial charge in [0.2, 0.25) is 11.8 Å². The van der Waals surface area contributed by atoms with Gasteiger partial charge < -0.3 is 10.1 Å². The highest BCUT2D eigenvalue weighted by Crippen LogP contribution is 2.31.